The molecule has 0 spiro atoms. The fourth-order valence-corrected chi connectivity index (χ4v) is 1.76. The Morgan fingerprint density at radius 3 is 2.30 bits per heavy atom. The molecule has 0 aliphatic heterocycles. The second-order valence-electron chi connectivity index (χ2n) is 4.82. The fraction of sp³-hybridized carbons (Fsp3) is 0.438. The number of nitrogens with zero attached hydrogens (tertiary/aromatic N) is 1. The number of amides is 1. The molecule has 1 aromatic rings. The predicted molar refractivity (Wildman–Crippen MR) is 81.1 cm³/mol. The molecule has 7 nitrogen and oxygen atoms in total. The molecule has 0 unspecified atom stereocenters. The second kappa shape index (κ2) is 9.70. The van der Waals surface area contributed by atoms with Crippen LogP contribution in [0.1, 0.15) is 18.4 Å². The van der Waals surface area contributed by atoms with Crippen molar-refractivity contribution in [3.63, 3.8) is 0 Å². The molecule has 126 valence electrons. The van der Waals surface area contributed by atoms with Gasteiger partial charge in [-0.25, -0.2) is 9.86 Å². The number of carbonyl (C=O) groups is 3. The van der Waals surface area contributed by atoms with Gasteiger partial charge in [0.1, 0.15) is 6.61 Å². The first-order valence-electron chi connectivity index (χ1n) is 7.05. The molecule has 1 aromatic carbocycles. The average molecular weight is 323 g/mol. The van der Waals surface area contributed by atoms with E-state index in [1.165, 1.54) is 21.3 Å². The van der Waals surface area contributed by atoms with E-state index in [1.54, 1.807) is 12.1 Å². The largest absolute Gasteiger partial charge is 0.455 e. The smallest absolute Gasteiger partial charge is 0.375 e. The summed E-state index contributed by atoms with van der Waals surface area (Å²) >= 11 is 0. The number of hydroxylamine groups is 2. The van der Waals surface area contributed by atoms with E-state index in [4.69, 9.17) is 14.3 Å². The molecule has 0 aliphatic carbocycles. The highest BCUT2D eigenvalue weighted by molar-refractivity contribution is 6.33. The van der Waals surface area contributed by atoms with Crippen molar-refractivity contribution in [2.75, 3.05) is 21.3 Å². The molecule has 0 saturated heterocycles. The molecule has 0 radical (unpaired) electrons. The summed E-state index contributed by atoms with van der Waals surface area (Å²) in [6, 6.07) is 9.03. The Morgan fingerprint density at radius 2 is 1.74 bits per heavy atom. The van der Waals surface area contributed by atoms with Gasteiger partial charge in [-0.05, 0) is 5.56 Å². The van der Waals surface area contributed by atoms with Gasteiger partial charge in [-0.2, -0.15) is 0 Å². The van der Waals surface area contributed by atoms with Crippen molar-refractivity contribution in [1.82, 2.24) is 5.06 Å². The Kier molecular flexibility index (Phi) is 7.93. The maximum absolute atomic E-state index is 11.8. The molecule has 0 aliphatic rings. The van der Waals surface area contributed by atoms with E-state index in [0.29, 0.717) is 0 Å². The minimum absolute atomic E-state index is 0.0222. The number of benzene rings is 1. The van der Waals surface area contributed by atoms with Gasteiger partial charge in [0.05, 0.1) is 19.6 Å². The fourth-order valence-electron chi connectivity index (χ4n) is 1.76. The van der Waals surface area contributed by atoms with Gasteiger partial charge in [-0.15, -0.1) is 0 Å². The molecule has 1 amide bonds. The summed E-state index contributed by atoms with van der Waals surface area (Å²) in [7, 11) is 4.17. The molecule has 0 saturated carbocycles. The third-order valence-corrected chi connectivity index (χ3v) is 3.21. The first-order chi connectivity index (χ1) is 11.0. The Morgan fingerprint density at radius 1 is 1.09 bits per heavy atom. The molecular weight excluding hydrogens is 302 g/mol. The third kappa shape index (κ3) is 6.58. The van der Waals surface area contributed by atoms with Gasteiger partial charge in [0.2, 0.25) is 11.7 Å². The number of methoxy groups -OCH3 is 1. The molecule has 0 fully saturated rings. The van der Waals surface area contributed by atoms with Crippen molar-refractivity contribution in [1.29, 1.82) is 0 Å². The minimum atomic E-state index is -0.941. The Balaban J connectivity index is 2.45. The monoisotopic (exact) mass is 323 g/mol. The quantitative estimate of drug-likeness (QED) is 0.385. The maximum Gasteiger partial charge on any atom is 0.375 e. The van der Waals surface area contributed by atoms with Crippen LogP contribution >= 0.6 is 0 Å². The Bertz CT molecular complexity index is 531. The van der Waals surface area contributed by atoms with Crippen molar-refractivity contribution in [3.05, 3.63) is 35.9 Å². The van der Waals surface area contributed by atoms with Gasteiger partial charge in [0.25, 0.3) is 0 Å². The Hall–Kier alpha value is -2.25. The number of esters is 1. The molecule has 0 heterocycles. The second-order valence-corrected chi connectivity index (χ2v) is 4.82. The van der Waals surface area contributed by atoms with Gasteiger partial charge >= 0.3 is 5.97 Å². The number of hydrogen-bond acceptors (Lipinski definition) is 6. The van der Waals surface area contributed by atoms with Crippen LogP contribution < -0.4 is 0 Å². The van der Waals surface area contributed by atoms with Crippen molar-refractivity contribution in [3.8, 4) is 0 Å². The highest BCUT2D eigenvalue weighted by Gasteiger charge is 2.24. The lowest BCUT2D eigenvalue weighted by molar-refractivity contribution is -0.171. The summed E-state index contributed by atoms with van der Waals surface area (Å²) in [6.07, 6.45) is -1.01. The number of Topliss-reactive ketones (excluding diaryl/α,β-unsaturated/α-hetero) is 1. The van der Waals surface area contributed by atoms with Crippen LogP contribution in [0.5, 0.6) is 0 Å². The van der Waals surface area contributed by atoms with Gasteiger partial charge in [-0.3, -0.25) is 14.4 Å². The van der Waals surface area contributed by atoms with Gasteiger partial charge in [0, 0.05) is 20.6 Å². The average Bonchev–Trinajstić information content (AvgIpc) is 2.58. The van der Waals surface area contributed by atoms with E-state index in [2.05, 4.69) is 0 Å². The van der Waals surface area contributed by atoms with E-state index in [-0.39, 0.29) is 25.4 Å². The SMILES string of the molecule is CO[C@@H](CC(=O)C(=O)OCc1ccccc1)CC(=O)N(C)OC. The molecule has 23 heavy (non-hydrogen) atoms. The normalized spacial score (nSPS) is 11.6. The lowest BCUT2D eigenvalue weighted by atomic mass is 10.1. The van der Waals surface area contributed by atoms with Crippen LogP contribution in [0.15, 0.2) is 30.3 Å². The van der Waals surface area contributed by atoms with Crippen LogP contribution in [0.2, 0.25) is 0 Å². The summed E-state index contributed by atoms with van der Waals surface area (Å²) in [6.45, 7) is 0.0222. The highest BCUT2D eigenvalue weighted by atomic mass is 16.7. The maximum atomic E-state index is 11.8. The van der Waals surface area contributed by atoms with E-state index >= 15 is 0 Å². The summed E-state index contributed by atoms with van der Waals surface area (Å²) < 4.78 is 10.0. The lowest BCUT2D eigenvalue weighted by Gasteiger charge is -2.18. The number of ether oxygens (including phenoxy) is 2. The highest BCUT2D eigenvalue weighted by Crippen LogP contribution is 2.08. The van der Waals surface area contributed by atoms with E-state index in [0.717, 1.165) is 10.6 Å². The first-order valence-corrected chi connectivity index (χ1v) is 7.05. The summed E-state index contributed by atoms with van der Waals surface area (Å²) in [5, 5.41) is 1.03. The zero-order chi connectivity index (χ0) is 17.2. The van der Waals surface area contributed by atoms with E-state index in [9.17, 15) is 14.4 Å². The number of carbonyl (C=O) groups excluding carboxylic acids is 3. The van der Waals surface area contributed by atoms with Crippen molar-refractivity contribution >= 4 is 17.7 Å². The molecule has 0 aromatic heterocycles. The molecule has 0 N–H and O–H groups in total. The van der Waals surface area contributed by atoms with Crippen LogP contribution in [-0.4, -0.2) is 50.1 Å². The standard InChI is InChI=1S/C16H21NO6/c1-17(22-3)15(19)10-13(21-2)9-14(18)16(20)23-11-12-7-5-4-6-8-12/h4-8,13H,9-11H2,1-3H3/t13-/m0/s1. The van der Waals surface area contributed by atoms with Gasteiger partial charge < -0.3 is 9.47 Å². The Labute approximate surface area is 135 Å². The third-order valence-electron chi connectivity index (χ3n) is 3.21. The van der Waals surface area contributed by atoms with Gasteiger partial charge in [-0.1, -0.05) is 30.3 Å². The van der Waals surface area contributed by atoms with Crippen LogP contribution in [-0.2, 0) is 35.3 Å². The minimum Gasteiger partial charge on any atom is -0.455 e. The summed E-state index contributed by atoms with van der Waals surface area (Å²) in [4.78, 5) is 40.0. The van der Waals surface area contributed by atoms with Crippen molar-refractivity contribution in [2.45, 2.75) is 25.6 Å². The summed E-state index contributed by atoms with van der Waals surface area (Å²) in [5.41, 5.74) is 0.786. The summed E-state index contributed by atoms with van der Waals surface area (Å²) in [5.74, 6) is -2.03. The molecule has 0 bridgehead atoms. The number of hydrogen-bond donors (Lipinski definition) is 0. The van der Waals surface area contributed by atoms with Crippen LogP contribution in [0.25, 0.3) is 0 Å². The van der Waals surface area contributed by atoms with Crippen molar-refractivity contribution < 1.29 is 28.7 Å². The van der Waals surface area contributed by atoms with Crippen LogP contribution in [0.3, 0.4) is 0 Å². The lowest BCUT2D eigenvalue weighted by Crippen LogP contribution is -2.32. The predicted octanol–water partition coefficient (Wildman–Crippen LogP) is 1.11. The zero-order valence-corrected chi connectivity index (χ0v) is 13.5. The van der Waals surface area contributed by atoms with Crippen molar-refractivity contribution in [2.24, 2.45) is 0 Å². The molecular formula is C16H21NO6. The zero-order valence-electron chi connectivity index (χ0n) is 13.5. The van der Waals surface area contributed by atoms with E-state index in [1.807, 2.05) is 18.2 Å². The first kappa shape index (κ1) is 18.8. The molecule has 1 rings (SSSR count). The van der Waals surface area contributed by atoms with Gasteiger partial charge in [0.15, 0.2) is 0 Å². The van der Waals surface area contributed by atoms with Crippen LogP contribution in [0, 0.1) is 0 Å². The van der Waals surface area contributed by atoms with Crippen LogP contribution in [0.4, 0.5) is 0 Å². The van der Waals surface area contributed by atoms with E-state index < -0.39 is 17.9 Å². The number of ketones is 1. The number of rotatable bonds is 9. The molecule has 1 atom stereocenters. The topological polar surface area (TPSA) is 82.1 Å². The molecule has 7 heteroatoms.